The second-order valence-corrected chi connectivity index (χ2v) is 8.82. The van der Waals surface area contributed by atoms with Gasteiger partial charge in [0.2, 0.25) is 11.8 Å². The molecule has 1 atom stereocenters. The van der Waals surface area contributed by atoms with Crippen LogP contribution >= 0.6 is 0 Å². The van der Waals surface area contributed by atoms with Gasteiger partial charge in [-0.05, 0) is 68.1 Å². The van der Waals surface area contributed by atoms with Crippen molar-refractivity contribution in [3.05, 3.63) is 59.2 Å². The number of piperidine rings is 1. The fourth-order valence-electron chi connectivity index (χ4n) is 4.75. The highest BCUT2D eigenvalue weighted by atomic mass is 16.5. The number of likely N-dealkylation sites (tertiary alicyclic amines) is 1. The summed E-state index contributed by atoms with van der Waals surface area (Å²) >= 11 is 0. The average molecular weight is 435 g/mol. The summed E-state index contributed by atoms with van der Waals surface area (Å²) in [6.45, 7) is 5.57. The zero-order chi connectivity index (χ0) is 22.8. The first-order valence-electron chi connectivity index (χ1n) is 11.2. The molecule has 4 rings (SSSR count). The number of aryl methyl sites for hydroxylation is 1. The Balaban J connectivity index is 1.35. The Labute approximate surface area is 189 Å². The van der Waals surface area contributed by atoms with Gasteiger partial charge in [-0.1, -0.05) is 12.1 Å². The summed E-state index contributed by atoms with van der Waals surface area (Å²) in [5.74, 6) is 0.475. The second-order valence-electron chi connectivity index (χ2n) is 8.82. The van der Waals surface area contributed by atoms with Crippen molar-refractivity contribution in [2.75, 3.05) is 31.6 Å². The van der Waals surface area contributed by atoms with Gasteiger partial charge in [0.1, 0.15) is 5.75 Å². The Morgan fingerprint density at radius 3 is 2.31 bits per heavy atom. The van der Waals surface area contributed by atoms with Crippen molar-refractivity contribution >= 4 is 23.3 Å². The van der Waals surface area contributed by atoms with Gasteiger partial charge in [-0.2, -0.15) is 0 Å². The van der Waals surface area contributed by atoms with E-state index in [1.165, 1.54) is 0 Å². The molecule has 0 radical (unpaired) electrons. The molecular formula is C26H30N2O4. The third-order valence-corrected chi connectivity index (χ3v) is 6.89. The minimum Gasteiger partial charge on any atom is -0.497 e. The van der Waals surface area contributed by atoms with Crippen LogP contribution in [0.3, 0.4) is 0 Å². The van der Waals surface area contributed by atoms with E-state index >= 15 is 0 Å². The maximum absolute atomic E-state index is 13.1. The number of ketones is 1. The number of amides is 2. The van der Waals surface area contributed by atoms with Crippen LogP contribution in [0.25, 0.3) is 0 Å². The number of hydrogen-bond donors (Lipinski definition) is 0. The van der Waals surface area contributed by atoms with Crippen LogP contribution in [0.15, 0.2) is 42.5 Å². The van der Waals surface area contributed by atoms with Gasteiger partial charge in [0.15, 0.2) is 5.78 Å². The maximum atomic E-state index is 13.1. The van der Waals surface area contributed by atoms with Crippen molar-refractivity contribution in [1.82, 2.24) is 4.90 Å². The highest BCUT2D eigenvalue weighted by Gasteiger charge is 2.39. The quantitative estimate of drug-likeness (QED) is 0.672. The normalized spacial score (nSPS) is 19.3. The predicted molar refractivity (Wildman–Crippen MR) is 123 cm³/mol. The van der Waals surface area contributed by atoms with Crippen molar-refractivity contribution in [3.8, 4) is 5.75 Å². The molecule has 6 heteroatoms. The fraction of sp³-hybridized carbons (Fsp3) is 0.423. The number of nitrogens with zero attached hydrogens (tertiary/aromatic N) is 2. The third kappa shape index (κ3) is 4.27. The Kier molecular flexibility index (Phi) is 6.31. The van der Waals surface area contributed by atoms with Crippen LogP contribution in [-0.4, -0.2) is 49.2 Å². The number of carbonyl (C=O) groups is 3. The van der Waals surface area contributed by atoms with E-state index in [4.69, 9.17) is 4.74 Å². The molecule has 168 valence electrons. The van der Waals surface area contributed by atoms with E-state index < -0.39 is 0 Å². The Hall–Kier alpha value is -3.15. The monoisotopic (exact) mass is 434 g/mol. The van der Waals surface area contributed by atoms with Gasteiger partial charge in [0, 0.05) is 43.2 Å². The fourth-order valence-corrected chi connectivity index (χ4v) is 4.75. The van der Waals surface area contributed by atoms with Crippen molar-refractivity contribution in [2.45, 2.75) is 33.1 Å². The van der Waals surface area contributed by atoms with Gasteiger partial charge in [-0.25, -0.2) is 0 Å². The van der Waals surface area contributed by atoms with Gasteiger partial charge in [-0.15, -0.1) is 0 Å². The second kappa shape index (κ2) is 9.15. The van der Waals surface area contributed by atoms with Crippen LogP contribution in [0.4, 0.5) is 5.69 Å². The molecule has 2 aliphatic heterocycles. The van der Waals surface area contributed by atoms with E-state index in [1.54, 1.807) is 36.3 Å². The SMILES string of the molecule is COc1ccc(C(=O)C2CCN(C(=O)[C@@H]3CC(=O)N(c4cccc(C)c4C)C3)CC2)cc1. The van der Waals surface area contributed by atoms with Crippen molar-refractivity contribution in [2.24, 2.45) is 11.8 Å². The summed E-state index contributed by atoms with van der Waals surface area (Å²) in [5, 5.41) is 0. The number of ether oxygens (including phenoxy) is 1. The smallest absolute Gasteiger partial charge is 0.228 e. The molecule has 32 heavy (non-hydrogen) atoms. The van der Waals surface area contributed by atoms with Crippen molar-refractivity contribution in [3.63, 3.8) is 0 Å². The number of rotatable bonds is 5. The number of carbonyl (C=O) groups excluding carboxylic acids is 3. The molecule has 2 aromatic carbocycles. The van der Waals surface area contributed by atoms with Crippen molar-refractivity contribution in [1.29, 1.82) is 0 Å². The molecule has 0 saturated carbocycles. The minimum atomic E-state index is -0.323. The first-order valence-corrected chi connectivity index (χ1v) is 11.2. The van der Waals surface area contributed by atoms with Gasteiger partial charge < -0.3 is 14.5 Å². The lowest BCUT2D eigenvalue weighted by Gasteiger charge is -2.33. The molecule has 2 amide bonds. The molecule has 0 N–H and O–H groups in total. The van der Waals surface area contributed by atoms with Gasteiger partial charge >= 0.3 is 0 Å². The Bertz CT molecular complexity index is 1020. The first-order chi connectivity index (χ1) is 15.4. The molecule has 0 bridgehead atoms. The van der Waals surface area contributed by atoms with Crippen LogP contribution in [0.1, 0.15) is 40.7 Å². The number of Topliss-reactive ketones (excluding diaryl/α,β-unsaturated/α-hetero) is 1. The molecule has 2 aromatic rings. The zero-order valence-electron chi connectivity index (χ0n) is 19.0. The summed E-state index contributed by atoms with van der Waals surface area (Å²) in [6, 6.07) is 13.1. The van der Waals surface area contributed by atoms with E-state index in [1.807, 2.05) is 36.9 Å². The molecule has 0 unspecified atom stereocenters. The van der Waals surface area contributed by atoms with Gasteiger partial charge in [0.25, 0.3) is 0 Å². The van der Waals surface area contributed by atoms with Crippen LogP contribution in [0.5, 0.6) is 5.75 Å². The number of benzene rings is 2. The number of anilines is 1. The maximum Gasteiger partial charge on any atom is 0.228 e. The predicted octanol–water partition coefficient (Wildman–Crippen LogP) is 3.79. The highest BCUT2D eigenvalue weighted by Crippen LogP contribution is 2.31. The topological polar surface area (TPSA) is 66.9 Å². The minimum absolute atomic E-state index is 0.00150. The average Bonchev–Trinajstić information content (AvgIpc) is 3.21. The van der Waals surface area contributed by atoms with E-state index in [0.717, 1.165) is 22.6 Å². The van der Waals surface area contributed by atoms with Crippen LogP contribution in [0, 0.1) is 25.7 Å². The lowest BCUT2D eigenvalue weighted by molar-refractivity contribution is -0.137. The summed E-state index contributed by atoms with van der Waals surface area (Å²) in [4.78, 5) is 42.3. The Morgan fingerprint density at radius 1 is 0.969 bits per heavy atom. The molecule has 0 aromatic heterocycles. The molecule has 2 heterocycles. The zero-order valence-corrected chi connectivity index (χ0v) is 19.0. The van der Waals surface area contributed by atoms with Gasteiger partial charge in [-0.3, -0.25) is 14.4 Å². The van der Waals surface area contributed by atoms with Crippen LogP contribution in [-0.2, 0) is 9.59 Å². The van der Waals surface area contributed by atoms with Gasteiger partial charge in [0.05, 0.1) is 13.0 Å². The summed E-state index contributed by atoms with van der Waals surface area (Å²) in [5.41, 5.74) is 3.79. The Morgan fingerprint density at radius 2 is 1.66 bits per heavy atom. The number of hydrogen-bond acceptors (Lipinski definition) is 4. The number of methoxy groups -OCH3 is 1. The van der Waals surface area contributed by atoms with Crippen LogP contribution in [0.2, 0.25) is 0 Å². The lowest BCUT2D eigenvalue weighted by Crippen LogP contribution is -2.43. The molecule has 6 nitrogen and oxygen atoms in total. The molecule has 0 aliphatic carbocycles. The molecule has 2 saturated heterocycles. The van der Waals surface area contributed by atoms with E-state index in [2.05, 4.69) is 0 Å². The third-order valence-electron chi connectivity index (χ3n) is 6.89. The molecule has 2 aliphatic rings. The molecular weight excluding hydrogens is 404 g/mol. The summed E-state index contributed by atoms with van der Waals surface area (Å²) in [7, 11) is 1.60. The summed E-state index contributed by atoms with van der Waals surface area (Å²) < 4.78 is 5.16. The van der Waals surface area contributed by atoms with Crippen LogP contribution < -0.4 is 9.64 Å². The van der Waals surface area contributed by atoms with E-state index in [9.17, 15) is 14.4 Å². The summed E-state index contributed by atoms with van der Waals surface area (Å²) in [6.07, 6.45) is 1.55. The molecule has 0 spiro atoms. The lowest BCUT2D eigenvalue weighted by atomic mass is 9.88. The van der Waals surface area contributed by atoms with E-state index in [-0.39, 0.29) is 35.9 Å². The first kappa shape index (κ1) is 22.1. The van der Waals surface area contributed by atoms with Crippen molar-refractivity contribution < 1.29 is 19.1 Å². The molecule has 2 fully saturated rings. The largest absolute Gasteiger partial charge is 0.497 e. The van der Waals surface area contributed by atoms with E-state index in [0.29, 0.717) is 38.0 Å². The highest BCUT2D eigenvalue weighted by molar-refractivity contribution is 6.01. The standard InChI is InChI=1S/C26H30N2O4/c1-17-5-4-6-23(18(17)2)28-16-21(15-24(28)29)26(31)27-13-11-20(12-14-27)25(30)19-7-9-22(32-3)10-8-19/h4-10,20-21H,11-16H2,1-3H3/t21-/m1/s1.